The Labute approximate surface area is 136 Å². The zero-order chi connectivity index (χ0) is 17.2. The van der Waals surface area contributed by atoms with E-state index in [0.717, 1.165) is 30.7 Å². The number of hydrogen-bond acceptors (Lipinski definition) is 4. The lowest BCUT2D eigenvalue weighted by atomic mass is 10.1. The van der Waals surface area contributed by atoms with Crippen LogP contribution >= 0.6 is 0 Å². The molecule has 0 bridgehead atoms. The Morgan fingerprint density at radius 2 is 1.79 bits per heavy atom. The maximum Gasteiger partial charge on any atom is 0.417 e. The molecule has 24 heavy (non-hydrogen) atoms. The minimum atomic E-state index is -4.42. The molecule has 0 atom stereocenters. The molecule has 0 aliphatic rings. The summed E-state index contributed by atoms with van der Waals surface area (Å²) in [4.78, 5) is 7.95. The van der Waals surface area contributed by atoms with Gasteiger partial charge in [-0.15, -0.1) is 0 Å². The molecule has 0 N–H and O–H groups in total. The summed E-state index contributed by atoms with van der Waals surface area (Å²) in [5.74, 6) is 0.450. The summed E-state index contributed by atoms with van der Waals surface area (Å²) in [5, 5.41) is 3.78. The molecule has 0 spiro atoms. The van der Waals surface area contributed by atoms with E-state index in [0.29, 0.717) is 5.89 Å². The quantitative estimate of drug-likeness (QED) is 0.690. The van der Waals surface area contributed by atoms with Gasteiger partial charge in [0.1, 0.15) is 5.69 Å². The number of halogens is 3. The molecule has 0 saturated carbocycles. The van der Waals surface area contributed by atoms with Crippen LogP contribution in [-0.2, 0) is 12.6 Å². The summed E-state index contributed by atoms with van der Waals surface area (Å²) in [5.41, 5.74) is 1.37. The molecule has 0 aliphatic heterocycles. The number of hydrogen-bond donors (Lipinski definition) is 0. The summed E-state index contributed by atoms with van der Waals surface area (Å²) in [6.07, 6.45) is -1.62. The van der Waals surface area contributed by atoms with Crippen LogP contribution in [0.5, 0.6) is 0 Å². The second kappa shape index (κ2) is 6.43. The molecule has 0 aliphatic carbocycles. The first kappa shape index (κ1) is 16.2. The predicted octanol–water partition coefficient (Wildman–Crippen LogP) is 4.77. The van der Waals surface area contributed by atoms with Gasteiger partial charge in [-0.25, -0.2) is 0 Å². The minimum absolute atomic E-state index is 0.149. The van der Waals surface area contributed by atoms with Crippen molar-refractivity contribution in [3.05, 3.63) is 53.7 Å². The van der Waals surface area contributed by atoms with Crippen molar-refractivity contribution in [2.75, 3.05) is 0 Å². The summed E-state index contributed by atoms with van der Waals surface area (Å²) in [6, 6.07) is 9.89. The van der Waals surface area contributed by atoms with Crippen LogP contribution in [0.25, 0.3) is 23.0 Å². The monoisotopic (exact) mass is 333 g/mol. The molecule has 124 valence electrons. The largest absolute Gasteiger partial charge is 0.417 e. The van der Waals surface area contributed by atoms with Gasteiger partial charge in [0.25, 0.3) is 5.89 Å². The normalized spacial score (nSPS) is 11.7. The van der Waals surface area contributed by atoms with Crippen molar-refractivity contribution in [1.29, 1.82) is 0 Å². The lowest BCUT2D eigenvalue weighted by molar-refractivity contribution is -0.137. The third kappa shape index (κ3) is 3.45. The first-order chi connectivity index (χ1) is 11.5. The Bertz CT molecular complexity index is 808. The van der Waals surface area contributed by atoms with Crippen LogP contribution in [0.2, 0.25) is 0 Å². The van der Waals surface area contributed by atoms with Gasteiger partial charge in [-0.05, 0) is 36.2 Å². The maximum absolute atomic E-state index is 12.5. The van der Waals surface area contributed by atoms with Crippen molar-refractivity contribution in [3.63, 3.8) is 0 Å². The summed E-state index contributed by atoms with van der Waals surface area (Å²) in [7, 11) is 0. The van der Waals surface area contributed by atoms with Crippen molar-refractivity contribution in [1.82, 2.24) is 15.1 Å². The highest BCUT2D eigenvalue weighted by Gasteiger charge is 2.30. The Morgan fingerprint density at radius 3 is 2.38 bits per heavy atom. The number of alkyl halides is 3. The molecular weight excluding hydrogens is 319 g/mol. The number of rotatable bonds is 4. The first-order valence-corrected chi connectivity index (χ1v) is 7.44. The summed E-state index contributed by atoms with van der Waals surface area (Å²) >= 11 is 0. The summed E-state index contributed by atoms with van der Waals surface area (Å²) in [6.45, 7) is 2.11. The van der Waals surface area contributed by atoms with E-state index in [1.54, 1.807) is 0 Å². The van der Waals surface area contributed by atoms with E-state index in [1.807, 2.05) is 24.3 Å². The van der Waals surface area contributed by atoms with Crippen LogP contribution in [-0.4, -0.2) is 15.1 Å². The maximum atomic E-state index is 12.5. The molecule has 2 aromatic heterocycles. The molecule has 0 fully saturated rings. The Morgan fingerprint density at radius 1 is 1.04 bits per heavy atom. The van der Waals surface area contributed by atoms with Crippen molar-refractivity contribution >= 4 is 0 Å². The van der Waals surface area contributed by atoms with Crippen molar-refractivity contribution in [2.45, 2.75) is 25.9 Å². The first-order valence-electron chi connectivity index (χ1n) is 7.44. The van der Waals surface area contributed by atoms with Crippen molar-refractivity contribution < 1.29 is 17.7 Å². The van der Waals surface area contributed by atoms with Crippen molar-refractivity contribution in [3.8, 4) is 23.0 Å². The SMILES string of the molecule is CCCc1ccc(-c2nc(-c3ccc(C(F)(F)F)cn3)no2)cc1. The highest BCUT2D eigenvalue weighted by atomic mass is 19.4. The highest BCUT2D eigenvalue weighted by molar-refractivity contribution is 5.57. The van der Waals surface area contributed by atoms with E-state index in [2.05, 4.69) is 22.0 Å². The highest BCUT2D eigenvalue weighted by Crippen LogP contribution is 2.29. The molecule has 0 amide bonds. The molecular formula is C17H14F3N3O. The molecule has 4 nitrogen and oxygen atoms in total. The van der Waals surface area contributed by atoms with Gasteiger partial charge in [-0.3, -0.25) is 4.98 Å². The van der Waals surface area contributed by atoms with Gasteiger partial charge in [0.05, 0.1) is 5.56 Å². The van der Waals surface area contributed by atoms with Crippen LogP contribution < -0.4 is 0 Å². The molecule has 1 aromatic carbocycles. The molecule has 0 radical (unpaired) electrons. The smallest absolute Gasteiger partial charge is 0.334 e. The van der Waals surface area contributed by atoms with Crippen LogP contribution in [0.4, 0.5) is 13.2 Å². The zero-order valence-corrected chi connectivity index (χ0v) is 12.8. The van der Waals surface area contributed by atoms with Crippen LogP contribution in [0, 0.1) is 0 Å². The van der Waals surface area contributed by atoms with Gasteiger partial charge < -0.3 is 4.52 Å². The van der Waals surface area contributed by atoms with Gasteiger partial charge in [-0.1, -0.05) is 30.6 Å². The van der Waals surface area contributed by atoms with E-state index in [-0.39, 0.29) is 11.5 Å². The molecule has 3 rings (SSSR count). The molecule has 3 aromatic rings. The Kier molecular flexibility index (Phi) is 4.33. The minimum Gasteiger partial charge on any atom is -0.334 e. The number of nitrogens with zero attached hydrogens (tertiary/aromatic N) is 3. The molecule has 0 unspecified atom stereocenters. The number of benzene rings is 1. The van der Waals surface area contributed by atoms with Gasteiger partial charge in [0, 0.05) is 11.8 Å². The van der Waals surface area contributed by atoms with E-state index in [9.17, 15) is 13.2 Å². The van der Waals surface area contributed by atoms with Gasteiger partial charge in [0.15, 0.2) is 0 Å². The van der Waals surface area contributed by atoms with E-state index < -0.39 is 11.7 Å². The van der Waals surface area contributed by atoms with Gasteiger partial charge >= 0.3 is 6.18 Å². The zero-order valence-electron chi connectivity index (χ0n) is 12.8. The molecule has 2 heterocycles. The Hall–Kier alpha value is -2.70. The van der Waals surface area contributed by atoms with Crippen LogP contribution in [0.1, 0.15) is 24.5 Å². The third-order valence-corrected chi connectivity index (χ3v) is 3.49. The lowest BCUT2D eigenvalue weighted by Gasteiger charge is -2.05. The van der Waals surface area contributed by atoms with Crippen LogP contribution in [0.15, 0.2) is 47.1 Å². The number of pyridine rings is 1. The van der Waals surface area contributed by atoms with E-state index in [1.165, 1.54) is 11.6 Å². The standard InChI is InChI=1S/C17H14F3N3O/c1-2-3-11-4-6-12(7-5-11)16-22-15(23-24-16)14-9-8-13(10-21-14)17(18,19)20/h4-10H,2-3H2,1H3. The fraction of sp³-hybridized carbons (Fsp3) is 0.235. The number of aromatic nitrogens is 3. The average Bonchev–Trinajstić information content (AvgIpc) is 3.05. The predicted molar refractivity (Wildman–Crippen MR) is 82.0 cm³/mol. The average molecular weight is 333 g/mol. The molecule has 7 heteroatoms. The Balaban J connectivity index is 1.82. The van der Waals surface area contributed by atoms with Crippen molar-refractivity contribution in [2.24, 2.45) is 0 Å². The van der Waals surface area contributed by atoms with E-state index in [4.69, 9.17) is 4.52 Å². The summed E-state index contributed by atoms with van der Waals surface area (Å²) < 4.78 is 42.8. The topological polar surface area (TPSA) is 51.8 Å². The van der Waals surface area contributed by atoms with Gasteiger partial charge in [0.2, 0.25) is 5.82 Å². The lowest BCUT2D eigenvalue weighted by Crippen LogP contribution is -2.05. The fourth-order valence-electron chi connectivity index (χ4n) is 2.24. The van der Waals surface area contributed by atoms with Gasteiger partial charge in [-0.2, -0.15) is 18.2 Å². The second-order valence-electron chi connectivity index (χ2n) is 5.30. The second-order valence-corrected chi connectivity index (χ2v) is 5.30. The third-order valence-electron chi connectivity index (χ3n) is 3.49. The number of aryl methyl sites for hydroxylation is 1. The molecule has 0 saturated heterocycles. The fourth-order valence-corrected chi connectivity index (χ4v) is 2.24. The van der Waals surface area contributed by atoms with E-state index >= 15 is 0 Å². The van der Waals surface area contributed by atoms with Crippen LogP contribution in [0.3, 0.4) is 0 Å².